The average Bonchev–Trinajstić information content (AvgIpc) is 3.36. The average molecular weight is 606 g/mol. The number of H-pyrrole nitrogens is 1. The molecular weight excluding hydrogens is 568 g/mol. The first-order chi connectivity index (χ1) is 20.8. The van der Waals surface area contributed by atoms with Crippen molar-refractivity contribution in [2.24, 2.45) is 0 Å². The fourth-order valence-electron chi connectivity index (χ4n) is 6.16. The summed E-state index contributed by atoms with van der Waals surface area (Å²) in [6.45, 7) is 6.09. The molecule has 3 atom stereocenters. The highest BCUT2D eigenvalue weighted by Crippen LogP contribution is 2.37. The topological polar surface area (TPSA) is 130 Å². The molecule has 232 valence electrons. The SMILES string of the molecule is CC(C)(C)c1ccc(N(C(=O)C2CC(O)CN2C#N)C(C(=O)NC2CCC(F)(F)CC2)c2cc(=O)[nH]c3ccccc23)cc1. The molecular formula is C33H37F2N5O4. The van der Waals surface area contributed by atoms with Crippen molar-refractivity contribution in [3.05, 3.63) is 76.1 Å². The molecule has 1 aromatic heterocycles. The van der Waals surface area contributed by atoms with Gasteiger partial charge < -0.3 is 15.4 Å². The molecule has 2 aliphatic rings. The number of β-amino-alcohol motifs (C(OH)–C–C–N with tert-alkyl or cyclic N) is 1. The number of carbonyl (C=O) groups is 2. The largest absolute Gasteiger partial charge is 0.391 e. The van der Waals surface area contributed by atoms with E-state index in [-0.39, 0.29) is 49.6 Å². The number of halogens is 2. The van der Waals surface area contributed by atoms with E-state index in [1.807, 2.05) is 39.1 Å². The van der Waals surface area contributed by atoms with Gasteiger partial charge in [0, 0.05) is 48.0 Å². The van der Waals surface area contributed by atoms with Crippen LogP contribution in [0.1, 0.15) is 70.0 Å². The van der Waals surface area contributed by atoms with E-state index >= 15 is 0 Å². The number of carbonyl (C=O) groups excluding carboxylic acids is 2. The van der Waals surface area contributed by atoms with E-state index in [1.165, 1.54) is 15.9 Å². The van der Waals surface area contributed by atoms with Crippen LogP contribution in [0.2, 0.25) is 0 Å². The van der Waals surface area contributed by atoms with E-state index < -0.39 is 47.5 Å². The van der Waals surface area contributed by atoms with Crippen molar-refractivity contribution in [2.45, 2.75) is 88.4 Å². The number of rotatable bonds is 6. The normalized spacial score (nSPS) is 21.1. The number of para-hydroxylation sites is 1. The summed E-state index contributed by atoms with van der Waals surface area (Å²) >= 11 is 0. The van der Waals surface area contributed by atoms with Gasteiger partial charge in [0.1, 0.15) is 12.1 Å². The number of likely N-dealkylation sites (tertiary alicyclic amines) is 1. The lowest BCUT2D eigenvalue weighted by molar-refractivity contribution is -0.129. The lowest BCUT2D eigenvalue weighted by Crippen LogP contribution is -2.52. The second-order valence-electron chi connectivity index (χ2n) is 12.8. The van der Waals surface area contributed by atoms with Crippen molar-refractivity contribution in [3.8, 4) is 6.19 Å². The van der Waals surface area contributed by atoms with Gasteiger partial charge in [0.15, 0.2) is 6.19 Å². The fraction of sp³-hybridized carbons (Fsp3) is 0.455. The number of alkyl halides is 2. The number of nitrogens with one attached hydrogen (secondary N) is 2. The van der Waals surface area contributed by atoms with Crippen LogP contribution >= 0.6 is 0 Å². The molecule has 1 aliphatic carbocycles. The molecule has 11 heteroatoms. The summed E-state index contributed by atoms with van der Waals surface area (Å²) in [7, 11) is 0. The predicted octanol–water partition coefficient (Wildman–Crippen LogP) is 4.51. The van der Waals surface area contributed by atoms with Gasteiger partial charge >= 0.3 is 0 Å². The fourth-order valence-corrected chi connectivity index (χ4v) is 6.16. The van der Waals surface area contributed by atoms with Crippen molar-refractivity contribution < 1.29 is 23.5 Å². The second-order valence-corrected chi connectivity index (χ2v) is 12.8. The minimum Gasteiger partial charge on any atom is -0.391 e. The number of nitrogens with zero attached hydrogens (tertiary/aromatic N) is 3. The molecule has 2 fully saturated rings. The molecule has 3 N–H and O–H groups in total. The van der Waals surface area contributed by atoms with Gasteiger partial charge in [-0.05, 0) is 47.6 Å². The number of aromatic nitrogens is 1. The quantitative estimate of drug-likeness (QED) is 0.355. The highest BCUT2D eigenvalue weighted by molar-refractivity contribution is 6.05. The minimum atomic E-state index is -2.80. The number of nitriles is 1. The smallest absolute Gasteiger partial charge is 0.251 e. The van der Waals surface area contributed by atoms with E-state index in [0.29, 0.717) is 16.6 Å². The highest BCUT2D eigenvalue weighted by Gasteiger charge is 2.44. The molecule has 3 aromatic rings. The minimum absolute atomic E-state index is 0.0227. The molecule has 1 aliphatic heterocycles. The summed E-state index contributed by atoms with van der Waals surface area (Å²) in [5.74, 6) is -4.04. The Bertz CT molecular complexity index is 1630. The van der Waals surface area contributed by atoms with E-state index in [1.54, 1.807) is 36.4 Å². The molecule has 0 radical (unpaired) electrons. The van der Waals surface area contributed by atoms with Gasteiger partial charge in [0.05, 0.1) is 12.6 Å². The van der Waals surface area contributed by atoms with E-state index in [2.05, 4.69) is 10.3 Å². The maximum absolute atomic E-state index is 14.5. The number of hydrogen-bond donors (Lipinski definition) is 3. The maximum atomic E-state index is 14.5. The molecule has 3 unspecified atom stereocenters. The van der Waals surface area contributed by atoms with Gasteiger partial charge in [-0.15, -0.1) is 0 Å². The predicted molar refractivity (Wildman–Crippen MR) is 162 cm³/mol. The maximum Gasteiger partial charge on any atom is 0.251 e. The second kappa shape index (κ2) is 12.0. The van der Waals surface area contributed by atoms with Crippen LogP contribution in [0, 0.1) is 11.5 Å². The third-order valence-electron chi connectivity index (χ3n) is 8.59. The van der Waals surface area contributed by atoms with Crippen LogP contribution < -0.4 is 15.8 Å². The number of benzene rings is 2. The third kappa shape index (κ3) is 6.45. The molecule has 2 aromatic carbocycles. The van der Waals surface area contributed by atoms with Crippen LogP contribution in [0.4, 0.5) is 14.5 Å². The number of hydrogen-bond acceptors (Lipinski definition) is 6. The Hall–Kier alpha value is -4.30. The number of aliphatic hydroxyl groups excluding tert-OH is 1. The zero-order valence-corrected chi connectivity index (χ0v) is 25.0. The standard InChI is InChI=1S/C33H37F2N5O4/c1-32(2,3)20-8-10-22(11-9-20)40(31(44)27-16-23(41)18-39(27)19-36)29(30(43)37-21-12-14-33(34,35)15-13-21)25-17-28(42)38-26-7-5-4-6-24(25)26/h4-11,17,21,23,27,29,41H,12-16,18H2,1-3H3,(H,37,43)(H,38,42). The number of fused-ring (bicyclic) bond motifs is 1. The van der Waals surface area contributed by atoms with Crippen molar-refractivity contribution in [1.82, 2.24) is 15.2 Å². The van der Waals surface area contributed by atoms with Crippen molar-refractivity contribution in [2.75, 3.05) is 11.4 Å². The number of pyridine rings is 1. The first-order valence-corrected chi connectivity index (χ1v) is 14.9. The van der Waals surface area contributed by atoms with Gasteiger partial charge in [0.2, 0.25) is 17.4 Å². The zero-order valence-electron chi connectivity index (χ0n) is 25.0. The number of aliphatic hydroxyl groups is 1. The summed E-state index contributed by atoms with van der Waals surface area (Å²) < 4.78 is 27.9. The molecule has 5 rings (SSSR count). The number of amides is 2. The monoisotopic (exact) mass is 605 g/mol. The van der Waals surface area contributed by atoms with Crippen LogP contribution in [0.5, 0.6) is 0 Å². The Balaban J connectivity index is 1.68. The molecule has 2 heterocycles. The van der Waals surface area contributed by atoms with E-state index in [0.717, 1.165) is 5.56 Å². The highest BCUT2D eigenvalue weighted by atomic mass is 19.3. The van der Waals surface area contributed by atoms with Crippen LogP contribution in [0.15, 0.2) is 59.4 Å². The van der Waals surface area contributed by atoms with Crippen molar-refractivity contribution in [3.63, 3.8) is 0 Å². The summed E-state index contributed by atoms with van der Waals surface area (Å²) in [5.41, 5.74) is 1.34. The summed E-state index contributed by atoms with van der Waals surface area (Å²) in [6, 6.07) is 12.3. The van der Waals surface area contributed by atoms with E-state index in [4.69, 9.17) is 0 Å². The van der Waals surface area contributed by atoms with Crippen LogP contribution in [-0.4, -0.2) is 57.5 Å². The summed E-state index contributed by atoms with van der Waals surface area (Å²) in [5, 5.41) is 23.6. The Morgan fingerprint density at radius 2 is 1.80 bits per heavy atom. The third-order valence-corrected chi connectivity index (χ3v) is 8.59. The molecule has 0 spiro atoms. The molecule has 1 saturated carbocycles. The van der Waals surface area contributed by atoms with E-state index in [9.17, 15) is 33.5 Å². The van der Waals surface area contributed by atoms with Gasteiger partial charge in [0.25, 0.3) is 5.91 Å². The first kappa shape index (κ1) is 31.1. The van der Waals surface area contributed by atoms with Gasteiger partial charge in [-0.2, -0.15) is 5.26 Å². The zero-order chi connectivity index (χ0) is 31.8. The van der Waals surface area contributed by atoms with Gasteiger partial charge in [-0.1, -0.05) is 51.1 Å². The van der Waals surface area contributed by atoms with Crippen molar-refractivity contribution in [1.29, 1.82) is 5.26 Å². The molecule has 2 amide bonds. The Morgan fingerprint density at radius 1 is 1.14 bits per heavy atom. The van der Waals surface area contributed by atoms with Crippen LogP contribution in [-0.2, 0) is 15.0 Å². The van der Waals surface area contributed by atoms with Gasteiger partial charge in [-0.3, -0.25) is 24.2 Å². The molecule has 0 bridgehead atoms. The Labute approximate surface area is 254 Å². The van der Waals surface area contributed by atoms with Gasteiger partial charge in [-0.25, -0.2) is 8.78 Å². The Morgan fingerprint density at radius 3 is 2.43 bits per heavy atom. The van der Waals surface area contributed by atoms with Crippen LogP contribution in [0.25, 0.3) is 10.9 Å². The lowest BCUT2D eigenvalue weighted by Gasteiger charge is -2.36. The number of aromatic amines is 1. The Kier molecular flexibility index (Phi) is 8.49. The van der Waals surface area contributed by atoms with Crippen molar-refractivity contribution >= 4 is 28.4 Å². The summed E-state index contributed by atoms with van der Waals surface area (Å²) in [6.07, 6.45) is 0.415. The number of anilines is 1. The molecule has 9 nitrogen and oxygen atoms in total. The molecule has 1 saturated heterocycles. The lowest BCUT2D eigenvalue weighted by atomic mass is 9.87. The van der Waals surface area contributed by atoms with Crippen LogP contribution in [0.3, 0.4) is 0 Å². The first-order valence-electron chi connectivity index (χ1n) is 14.9. The summed E-state index contributed by atoms with van der Waals surface area (Å²) in [4.78, 5) is 47.0. The molecule has 44 heavy (non-hydrogen) atoms.